The highest BCUT2D eigenvalue weighted by molar-refractivity contribution is 5.72. The van der Waals surface area contributed by atoms with Gasteiger partial charge in [0.25, 0.3) is 0 Å². The zero-order valence-electron chi connectivity index (χ0n) is 12.3. The molecule has 0 aliphatic rings. The zero-order valence-corrected chi connectivity index (χ0v) is 14.5. The first-order valence-electron chi connectivity index (χ1n) is 6.62. The van der Waals surface area contributed by atoms with E-state index in [9.17, 15) is 0 Å². The van der Waals surface area contributed by atoms with E-state index in [2.05, 4.69) is 79.7 Å². The van der Waals surface area contributed by atoms with E-state index in [-0.39, 0.29) is 24.0 Å². The molecule has 0 bridgehead atoms. The minimum Gasteiger partial charge on any atom is -1.00 e. The average Bonchev–Trinajstić information content (AvgIpc) is 2.67. The van der Waals surface area contributed by atoms with Crippen LogP contribution in [0.1, 0.15) is 16.7 Å². The molecule has 3 rings (SSSR count). The summed E-state index contributed by atoms with van der Waals surface area (Å²) >= 11 is 0. The van der Waals surface area contributed by atoms with Crippen molar-refractivity contribution in [1.82, 2.24) is 4.57 Å². The molecule has 0 spiro atoms. The van der Waals surface area contributed by atoms with Gasteiger partial charge in [0.15, 0.2) is 11.0 Å². The predicted molar refractivity (Wildman–Crippen MR) is 78.7 cm³/mol. The summed E-state index contributed by atoms with van der Waals surface area (Å²) in [4.78, 5) is 0. The number of para-hydroxylation sites is 2. The molecule has 0 atom stereocenters. The Hall–Kier alpha value is -1.36. The third-order valence-corrected chi connectivity index (χ3v) is 3.69. The van der Waals surface area contributed by atoms with Crippen LogP contribution in [0.2, 0.25) is 0 Å². The van der Waals surface area contributed by atoms with Crippen LogP contribution in [-0.2, 0) is 7.05 Å². The van der Waals surface area contributed by atoms with Gasteiger partial charge in [0.1, 0.15) is 5.69 Å². The second-order valence-corrected chi connectivity index (χ2v) is 5.33. The second kappa shape index (κ2) is 5.56. The van der Waals surface area contributed by atoms with Crippen LogP contribution in [0.25, 0.3) is 16.7 Å². The molecule has 0 aliphatic carbocycles. The maximum atomic E-state index is 2.29. The third kappa shape index (κ3) is 2.35. The van der Waals surface area contributed by atoms with Crippen molar-refractivity contribution in [1.29, 1.82) is 0 Å². The molecular weight excluding hydrogens is 359 g/mol. The van der Waals surface area contributed by atoms with Crippen LogP contribution in [0.15, 0.2) is 42.7 Å². The summed E-state index contributed by atoms with van der Waals surface area (Å²) < 4.78 is 4.47. The Morgan fingerprint density at radius 2 is 1.55 bits per heavy atom. The van der Waals surface area contributed by atoms with Crippen LogP contribution in [-0.4, -0.2) is 4.57 Å². The Morgan fingerprint density at radius 1 is 0.950 bits per heavy atom. The summed E-state index contributed by atoms with van der Waals surface area (Å²) in [6.45, 7) is 6.52. The van der Waals surface area contributed by atoms with Crippen molar-refractivity contribution < 1.29 is 28.5 Å². The molecule has 3 aromatic rings. The molecule has 2 aromatic carbocycles. The number of imidazole rings is 1. The monoisotopic (exact) mass is 378 g/mol. The van der Waals surface area contributed by atoms with E-state index in [1.807, 2.05) is 0 Å². The van der Waals surface area contributed by atoms with Crippen molar-refractivity contribution in [3.05, 3.63) is 59.4 Å². The van der Waals surface area contributed by atoms with E-state index in [0.29, 0.717) is 0 Å². The van der Waals surface area contributed by atoms with E-state index in [1.54, 1.807) is 0 Å². The number of aromatic nitrogens is 2. The van der Waals surface area contributed by atoms with Crippen LogP contribution in [0.5, 0.6) is 0 Å². The summed E-state index contributed by atoms with van der Waals surface area (Å²) in [5, 5.41) is 0. The van der Waals surface area contributed by atoms with Crippen molar-refractivity contribution in [2.75, 3.05) is 0 Å². The van der Waals surface area contributed by atoms with E-state index in [1.165, 1.54) is 33.4 Å². The second-order valence-electron chi connectivity index (χ2n) is 5.33. The minimum absolute atomic E-state index is 0. The molecular formula is C17H19IN2. The standard InChI is InChI=1S/C17H19N2.HI/c1-12-9-13(2)17(14(3)10-12)19-11-18(4)15-7-5-6-8-16(15)19;/h5-11H,1-4H3;1H/q+1;/p-1. The van der Waals surface area contributed by atoms with Gasteiger partial charge in [-0.2, -0.15) is 4.57 Å². The number of aryl methyl sites for hydroxylation is 4. The lowest BCUT2D eigenvalue weighted by atomic mass is 10.0. The van der Waals surface area contributed by atoms with Gasteiger partial charge < -0.3 is 24.0 Å². The molecule has 0 saturated heterocycles. The first-order valence-corrected chi connectivity index (χ1v) is 6.62. The van der Waals surface area contributed by atoms with Crippen molar-refractivity contribution in [2.45, 2.75) is 20.8 Å². The SMILES string of the molecule is Cc1cc(C)c(-[n+]2cn(C)c3ccccc32)c(C)c1.[I-]. The first-order chi connectivity index (χ1) is 9.08. The summed E-state index contributed by atoms with van der Waals surface area (Å²) in [6, 6.07) is 13.0. The van der Waals surface area contributed by atoms with Crippen molar-refractivity contribution in [3.63, 3.8) is 0 Å². The van der Waals surface area contributed by atoms with Gasteiger partial charge in [0, 0.05) is 0 Å². The Bertz CT molecular complexity index is 749. The average molecular weight is 378 g/mol. The summed E-state index contributed by atoms with van der Waals surface area (Å²) in [5.41, 5.74) is 7.75. The van der Waals surface area contributed by atoms with Gasteiger partial charge in [0.2, 0.25) is 6.33 Å². The lowest BCUT2D eigenvalue weighted by Crippen LogP contribution is -3.00. The lowest BCUT2D eigenvalue weighted by molar-refractivity contribution is -0.569. The van der Waals surface area contributed by atoms with Crippen LogP contribution < -0.4 is 28.5 Å². The fourth-order valence-corrected chi connectivity index (χ4v) is 2.99. The van der Waals surface area contributed by atoms with Gasteiger partial charge in [0.05, 0.1) is 7.05 Å². The van der Waals surface area contributed by atoms with E-state index in [0.717, 1.165) is 0 Å². The van der Waals surface area contributed by atoms with E-state index >= 15 is 0 Å². The molecule has 0 unspecified atom stereocenters. The van der Waals surface area contributed by atoms with E-state index in [4.69, 9.17) is 0 Å². The minimum atomic E-state index is 0. The highest BCUT2D eigenvalue weighted by Gasteiger charge is 2.18. The molecule has 1 aromatic heterocycles. The van der Waals surface area contributed by atoms with Crippen molar-refractivity contribution >= 4 is 11.0 Å². The van der Waals surface area contributed by atoms with Crippen molar-refractivity contribution in [2.24, 2.45) is 7.05 Å². The molecule has 0 saturated carbocycles. The third-order valence-electron chi connectivity index (χ3n) is 3.69. The zero-order chi connectivity index (χ0) is 13.6. The number of fused-ring (bicyclic) bond motifs is 1. The molecule has 0 amide bonds. The van der Waals surface area contributed by atoms with Gasteiger partial charge in [-0.1, -0.05) is 29.8 Å². The maximum Gasteiger partial charge on any atom is 0.249 e. The summed E-state index contributed by atoms with van der Waals surface area (Å²) in [6.07, 6.45) is 2.16. The highest BCUT2D eigenvalue weighted by atomic mass is 127. The molecule has 20 heavy (non-hydrogen) atoms. The topological polar surface area (TPSA) is 8.81 Å². The Kier molecular flexibility index (Phi) is 4.18. The Balaban J connectivity index is 0.00000147. The number of rotatable bonds is 1. The van der Waals surface area contributed by atoms with Crippen LogP contribution >= 0.6 is 0 Å². The molecule has 0 N–H and O–H groups in total. The Morgan fingerprint density at radius 3 is 2.20 bits per heavy atom. The molecule has 104 valence electrons. The normalized spacial score (nSPS) is 10.6. The Labute approximate surface area is 137 Å². The van der Waals surface area contributed by atoms with Crippen LogP contribution in [0, 0.1) is 20.8 Å². The number of nitrogens with zero attached hydrogens (tertiary/aromatic N) is 2. The number of hydrogen-bond acceptors (Lipinski definition) is 0. The van der Waals surface area contributed by atoms with Gasteiger partial charge in [-0.15, -0.1) is 0 Å². The maximum absolute atomic E-state index is 2.29. The highest BCUT2D eigenvalue weighted by Crippen LogP contribution is 2.19. The molecule has 2 nitrogen and oxygen atoms in total. The van der Waals surface area contributed by atoms with Crippen LogP contribution in [0.4, 0.5) is 0 Å². The summed E-state index contributed by atoms with van der Waals surface area (Å²) in [5.74, 6) is 0. The molecule has 0 fully saturated rings. The molecule has 1 heterocycles. The van der Waals surface area contributed by atoms with Gasteiger partial charge in [-0.05, 0) is 44.0 Å². The first kappa shape index (κ1) is 15.0. The number of hydrogen-bond donors (Lipinski definition) is 0. The van der Waals surface area contributed by atoms with Gasteiger partial charge >= 0.3 is 0 Å². The largest absolute Gasteiger partial charge is 1.00 e. The fraction of sp³-hybridized carbons (Fsp3) is 0.235. The molecule has 0 radical (unpaired) electrons. The molecule has 3 heteroatoms. The number of halogens is 1. The fourth-order valence-electron chi connectivity index (χ4n) is 2.99. The smallest absolute Gasteiger partial charge is 0.249 e. The van der Waals surface area contributed by atoms with Crippen molar-refractivity contribution in [3.8, 4) is 5.69 Å². The number of benzene rings is 2. The molecule has 0 aliphatic heterocycles. The van der Waals surface area contributed by atoms with Gasteiger partial charge in [-0.25, -0.2) is 4.57 Å². The van der Waals surface area contributed by atoms with E-state index < -0.39 is 0 Å². The van der Waals surface area contributed by atoms with Crippen LogP contribution in [0.3, 0.4) is 0 Å². The summed E-state index contributed by atoms with van der Waals surface area (Å²) in [7, 11) is 2.09. The predicted octanol–water partition coefficient (Wildman–Crippen LogP) is 0.384. The lowest BCUT2D eigenvalue weighted by Gasteiger charge is -2.07. The quantitative estimate of drug-likeness (QED) is 0.428. The van der Waals surface area contributed by atoms with Gasteiger partial charge in [-0.3, -0.25) is 0 Å².